The van der Waals surface area contributed by atoms with Gasteiger partial charge in [-0.25, -0.2) is 4.79 Å². The monoisotopic (exact) mass is 318 g/mol. The summed E-state index contributed by atoms with van der Waals surface area (Å²) in [5.41, 5.74) is 0. The number of hydrogen-bond donors (Lipinski definition) is 1. The van der Waals surface area contributed by atoms with E-state index in [4.69, 9.17) is 5.11 Å². The normalized spacial score (nSPS) is 11.5. The van der Waals surface area contributed by atoms with E-state index in [0.29, 0.717) is 0 Å². The maximum Gasteiger partial charge on any atom is 0.407 e. The van der Waals surface area contributed by atoms with Crippen molar-refractivity contribution in [3.05, 3.63) is 0 Å². The summed E-state index contributed by atoms with van der Waals surface area (Å²) < 4.78 is 0. The van der Waals surface area contributed by atoms with E-state index >= 15 is 0 Å². The fourth-order valence-corrected chi connectivity index (χ4v) is 0.462. The van der Waals surface area contributed by atoms with E-state index in [1.54, 1.807) is 7.05 Å². The molecule has 0 saturated carbocycles. The molecule has 1 unspecified atom stereocenters. The van der Waals surface area contributed by atoms with Crippen molar-refractivity contribution in [2.24, 2.45) is 0 Å². The zero-order valence-electron chi connectivity index (χ0n) is 6.47. The first-order valence-electron chi connectivity index (χ1n) is 3.05. The minimum Gasteiger partial charge on any atom is -0.465 e. The SMILES string of the molecule is CCC(C)N(C)C(=O)O.[Re]. The molecule has 4 heteroatoms. The third-order valence-corrected chi connectivity index (χ3v) is 1.55. The van der Waals surface area contributed by atoms with Crippen molar-refractivity contribution in [2.75, 3.05) is 7.05 Å². The molecular formula is C6H13NO2Re. The van der Waals surface area contributed by atoms with Crippen molar-refractivity contribution in [3.63, 3.8) is 0 Å². The molecule has 0 bridgehead atoms. The van der Waals surface area contributed by atoms with Crippen LogP contribution in [0.2, 0.25) is 0 Å². The largest absolute Gasteiger partial charge is 0.465 e. The Hall–Kier alpha value is -0.0677. The number of carboxylic acid groups (broad SMARTS) is 1. The Kier molecular flexibility index (Phi) is 7.18. The van der Waals surface area contributed by atoms with Crippen molar-refractivity contribution in [1.82, 2.24) is 4.90 Å². The third-order valence-electron chi connectivity index (χ3n) is 1.55. The summed E-state index contributed by atoms with van der Waals surface area (Å²) in [6.45, 7) is 3.85. The Morgan fingerprint density at radius 2 is 2.10 bits per heavy atom. The smallest absolute Gasteiger partial charge is 0.407 e. The van der Waals surface area contributed by atoms with Crippen LogP contribution in [0.15, 0.2) is 0 Å². The number of hydrogen-bond acceptors (Lipinski definition) is 1. The number of carbonyl (C=O) groups is 1. The summed E-state index contributed by atoms with van der Waals surface area (Å²) in [5, 5.41) is 8.41. The van der Waals surface area contributed by atoms with Crippen LogP contribution in [-0.2, 0) is 20.4 Å². The standard InChI is InChI=1S/C6H13NO2.Re/c1-4-5(2)7(3)6(8)9;/h5H,4H2,1-3H3,(H,8,9);. The van der Waals surface area contributed by atoms with Gasteiger partial charge in [-0.2, -0.15) is 0 Å². The minimum atomic E-state index is -0.857. The molecule has 0 aliphatic carbocycles. The first-order chi connectivity index (χ1) is 4.09. The zero-order valence-corrected chi connectivity index (χ0v) is 9.18. The van der Waals surface area contributed by atoms with Crippen molar-refractivity contribution in [1.29, 1.82) is 0 Å². The van der Waals surface area contributed by atoms with Gasteiger partial charge in [0.25, 0.3) is 0 Å². The fourth-order valence-electron chi connectivity index (χ4n) is 0.462. The van der Waals surface area contributed by atoms with Crippen molar-refractivity contribution < 1.29 is 30.3 Å². The van der Waals surface area contributed by atoms with Gasteiger partial charge in [0.15, 0.2) is 0 Å². The molecule has 0 fully saturated rings. The van der Waals surface area contributed by atoms with E-state index in [9.17, 15) is 4.79 Å². The van der Waals surface area contributed by atoms with Gasteiger partial charge in [0.1, 0.15) is 0 Å². The molecule has 0 spiro atoms. The van der Waals surface area contributed by atoms with Gasteiger partial charge in [-0.1, -0.05) is 6.92 Å². The molecule has 1 atom stereocenters. The average Bonchev–Trinajstić information content (AvgIpc) is 1.84. The topological polar surface area (TPSA) is 40.5 Å². The predicted molar refractivity (Wildman–Crippen MR) is 35.5 cm³/mol. The summed E-state index contributed by atoms with van der Waals surface area (Å²) >= 11 is 0. The third kappa shape index (κ3) is 3.86. The number of rotatable bonds is 2. The van der Waals surface area contributed by atoms with Crippen molar-refractivity contribution >= 4 is 6.09 Å². The van der Waals surface area contributed by atoms with Crippen LogP contribution in [0.25, 0.3) is 0 Å². The van der Waals surface area contributed by atoms with E-state index in [1.807, 2.05) is 13.8 Å². The molecule has 1 radical (unpaired) electrons. The maximum atomic E-state index is 10.2. The van der Waals surface area contributed by atoms with Crippen LogP contribution in [0.5, 0.6) is 0 Å². The number of nitrogens with zero attached hydrogens (tertiary/aromatic N) is 1. The minimum absolute atomic E-state index is 0. The van der Waals surface area contributed by atoms with Crippen LogP contribution >= 0.6 is 0 Å². The van der Waals surface area contributed by atoms with Crippen LogP contribution in [0.4, 0.5) is 4.79 Å². The van der Waals surface area contributed by atoms with Gasteiger partial charge in [-0.05, 0) is 13.3 Å². The molecule has 0 aliphatic rings. The Labute approximate surface area is 75.1 Å². The number of amides is 1. The molecule has 0 saturated heterocycles. The van der Waals surface area contributed by atoms with Gasteiger partial charge in [0.05, 0.1) is 0 Å². The fraction of sp³-hybridized carbons (Fsp3) is 0.833. The van der Waals surface area contributed by atoms with Crippen LogP contribution in [0.1, 0.15) is 20.3 Å². The molecular weight excluding hydrogens is 304 g/mol. The molecule has 0 rings (SSSR count). The molecule has 61 valence electrons. The van der Waals surface area contributed by atoms with Gasteiger partial charge in [0.2, 0.25) is 0 Å². The molecule has 0 aliphatic heterocycles. The molecule has 3 nitrogen and oxygen atoms in total. The second-order valence-electron chi connectivity index (χ2n) is 2.15. The van der Waals surface area contributed by atoms with E-state index in [-0.39, 0.29) is 26.5 Å². The van der Waals surface area contributed by atoms with Gasteiger partial charge in [-0.15, -0.1) is 0 Å². The van der Waals surface area contributed by atoms with Gasteiger partial charge >= 0.3 is 6.09 Å². The van der Waals surface area contributed by atoms with E-state index in [2.05, 4.69) is 0 Å². The first-order valence-corrected chi connectivity index (χ1v) is 3.05. The Bertz CT molecular complexity index is 108. The van der Waals surface area contributed by atoms with Crippen LogP contribution in [0.3, 0.4) is 0 Å². The average molecular weight is 317 g/mol. The van der Waals surface area contributed by atoms with Crippen molar-refractivity contribution in [2.45, 2.75) is 26.3 Å². The summed E-state index contributed by atoms with van der Waals surface area (Å²) in [6, 6.07) is 0.127. The Morgan fingerprint density at radius 1 is 1.70 bits per heavy atom. The summed E-state index contributed by atoms with van der Waals surface area (Å²) in [4.78, 5) is 11.5. The quantitative estimate of drug-likeness (QED) is 0.836. The van der Waals surface area contributed by atoms with Crippen LogP contribution < -0.4 is 0 Å². The Balaban J connectivity index is 0. The summed E-state index contributed by atoms with van der Waals surface area (Å²) in [6.07, 6.45) is 0.00681. The molecule has 0 heterocycles. The Morgan fingerprint density at radius 3 is 2.20 bits per heavy atom. The van der Waals surface area contributed by atoms with Crippen LogP contribution in [0, 0.1) is 0 Å². The summed E-state index contributed by atoms with van der Waals surface area (Å²) in [7, 11) is 1.58. The molecule has 0 aromatic carbocycles. The van der Waals surface area contributed by atoms with Gasteiger partial charge < -0.3 is 10.0 Å². The summed E-state index contributed by atoms with van der Waals surface area (Å²) in [5.74, 6) is 0. The molecule has 10 heavy (non-hydrogen) atoms. The maximum absolute atomic E-state index is 10.2. The van der Waals surface area contributed by atoms with Gasteiger partial charge in [0, 0.05) is 33.5 Å². The second-order valence-corrected chi connectivity index (χ2v) is 2.15. The molecule has 0 aromatic rings. The predicted octanol–water partition coefficient (Wildman–Crippen LogP) is 1.39. The van der Waals surface area contributed by atoms with E-state index < -0.39 is 6.09 Å². The molecule has 1 amide bonds. The zero-order chi connectivity index (χ0) is 7.44. The van der Waals surface area contributed by atoms with E-state index in [1.165, 1.54) is 4.90 Å². The molecule has 1 N–H and O–H groups in total. The van der Waals surface area contributed by atoms with Gasteiger partial charge in [-0.3, -0.25) is 0 Å². The van der Waals surface area contributed by atoms with Crippen LogP contribution in [-0.4, -0.2) is 29.2 Å². The first kappa shape index (κ1) is 12.6. The molecule has 0 aromatic heterocycles. The second kappa shape index (κ2) is 5.70. The van der Waals surface area contributed by atoms with E-state index in [0.717, 1.165) is 6.42 Å². The van der Waals surface area contributed by atoms with Crippen molar-refractivity contribution in [3.8, 4) is 0 Å².